The molecule has 0 saturated carbocycles. The van der Waals surface area contributed by atoms with Gasteiger partial charge in [-0.25, -0.2) is 0 Å². The number of likely N-dealkylation sites (tertiary alicyclic amines) is 1. The minimum Gasteiger partial charge on any atom is -0.395 e. The summed E-state index contributed by atoms with van der Waals surface area (Å²) in [4.78, 5) is 35.6. The van der Waals surface area contributed by atoms with Gasteiger partial charge in [0.05, 0.1) is 12.0 Å². The zero-order chi connectivity index (χ0) is 17.3. The number of nitrogens with one attached hydrogen (secondary N) is 1. The van der Waals surface area contributed by atoms with Crippen LogP contribution in [0.5, 0.6) is 0 Å². The summed E-state index contributed by atoms with van der Waals surface area (Å²) in [5, 5.41) is 13.4. The van der Waals surface area contributed by atoms with Crippen molar-refractivity contribution in [1.82, 2.24) is 4.90 Å². The molecule has 1 N–H and O–H groups in total. The van der Waals surface area contributed by atoms with Gasteiger partial charge in [0.25, 0.3) is 5.91 Å². The van der Waals surface area contributed by atoms with E-state index in [1.165, 1.54) is 11.0 Å². The van der Waals surface area contributed by atoms with Gasteiger partial charge < -0.3 is 14.6 Å². The van der Waals surface area contributed by atoms with Crippen LogP contribution in [0, 0.1) is 23.0 Å². The highest BCUT2D eigenvalue weighted by atomic mass is 16.6. The van der Waals surface area contributed by atoms with Gasteiger partial charge in [-0.2, -0.15) is 0 Å². The minimum absolute atomic E-state index is 0.0977. The summed E-state index contributed by atoms with van der Waals surface area (Å²) in [6.45, 7) is 2.41. The number of anilines is 1. The smallest absolute Gasteiger partial charge is 0.395 e. The van der Waals surface area contributed by atoms with Crippen LogP contribution < -0.4 is 5.32 Å². The molecule has 0 bridgehead atoms. The predicted octanol–water partition coefficient (Wildman–Crippen LogP) is 2.21. The minimum atomic E-state index is -0.703. The summed E-state index contributed by atoms with van der Waals surface area (Å²) in [7, 11) is 0. The normalized spacial score (nSPS) is 14.1. The number of para-hydroxylation sites is 1. The molecule has 124 valence electrons. The van der Waals surface area contributed by atoms with Gasteiger partial charge in [0.15, 0.2) is 5.76 Å². The first kappa shape index (κ1) is 15.7. The number of nitro groups is 1. The van der Waals surface area contributed by atoms with Gasteiger partial charge in [0.1, 0.15) is 4.92 Å². The number of furan rings is 1. The highest BCUT2D eigenvalue weighted by Gasteiger charge is 2.37. The van der Waals surface area contributed by atoms with E-state index >= 15 is 0 Å². The van der Waals surface area contributed by atoms with E-state index in [1.807, 2.05) is 31.2 Å². The second-order valence-electron chi connectivity index (χ2n) is 5.61. The fourth-order valence-corrected chi connectivity index (χ4v) is 2.45. The maximum absolute atomic E-state index is 12.2. The van der Waals surface area contributed by atoms with E-state index in [9.17, 15) is 19.7 Å². The molecule has 1 fully saturated rings. The molecule has 2 aromatic rings. The number of benzene rings is 1. The number of carbonyl (C=O) groups excluding carboxylic acids is 2. The van der Waals surface area contributed by atoms with E-state index in [2.05, 4.69) is 5.32 Å². The van der Waals surface area contributed by atoms with Crippen molar-refractivity contribution in [2.24, 2.45) is 5.92 Å². The van der Waals surface area contributed by atoms with Crippen LogP contribution in [-0.2, 0) is 4.79 Å². The lowest BCUT2D eigenvalue weighted by Crippen LogP contribution is -2.54. The first-order chi connectivity index (χ1) is 11.5. The molecular formula is C16H15N3O5. The Morgan fingerprint density at radius 2 is 1.96 bits per heavy atom. The van der Waals surface area contributed by atoms with Crippen molar-refractivity contribution < 1.29 is 18.9 Å². The van der Waals surface area contributed by atoms with Gasteiger partial charge in [-0.3, -0.25) is 19.7 Å². The van der Waals surface area contributed by atoms with Gasteiger partial charge in [-0.1, -0.05) is 18.2 Å². The molecule has 2 heterocycles. The third-order valence-corrected chi connectivity index (χ3v) is 3.93. The summed E-state index contributed by atoms with van der Waals surface area (Å²) in [6, 6.07) is 9.84. The molecule has 0 unspecified atom stereocenters. The van der Waals surface area contributed by atoms with E-state index in [0.717, 1.165) is 17.3 Å². The standard InChI is InChI=1S/C16H15N3O5/c1-10-4-2-3-5-12(10)17-15(20)11-8-18(9-11)16(21)13-6-7-14(24-13)19(22)23/h2-7,11H,8-9H2,1H3,(H,17,20). The van der Waals surface area contributed by atoms with Crippen LogP contribution in [0.1, 0.15) is 16.1 Å². The second kappa shape index (κ2) is 6.15. The SMILES string of the molecule is Cc1ccccc1NC(=O)C1CN(C(=O)c2ccc([N+](=O)[O-])o2)C1. The first-order valence-corrected chi connectivity index (χ1v) is 7.35. The zero-order valence-electron chi connectivity index (χ0n) is 12.9. The Morgan fingerprint density at radius 3 is 2.58 bits per heavy atom. The van der Waals surface area contributed by atoms with Crippen LogP contribution in [0.25, 0.3) is 0 Å². The number of amides is 2. The molecule has 1 aromatic heterocycles. The lowest BCUT2D eigenvalue weighted by Gasteiger charge is -2.37. The van der Waals surface area contributed by atoms with Crippen molar-refractivity contribution in [2.75, 3.05) is 18.4 Å². The summed E-state index contributed by atoms with van der Waals surface area (Å²) < 4.78 is 4.88. The van der Waals surface area contributed by atoms with E-state index in [4.69, 9.17) is 4.42 Å². The largest absolute Gasteiger partial charge is 0.433 e. The molecule has 3 rings (SSSR count). The number of rotatable bonds is 4. The van der Waals surface area contributed by atoms with E-state index < -0.39 is 16.7 Å². The zero-order valence-corrected chi connectivity index (χ0v) is 12.9. The molecule has 1 aliphatic heterocycles. The van der Waals surface area contributed by atoms with Gasteiger partial charge in [-0.15, -0.1) is 0 Å². The summed E-state index contributed by atoms with van der Waals surface area (Å²) in [5.41, 5.74) is 1.70. The molecular weight excluding hydrogens is 314 g/mol. The monoisotopic (exact) mass is 329 g/mol. The Hall–Kier alpha value is -3.16. The van der Waals surface area contributed by atoms with Crippen molar-refractivity contribution in [3.05, 3.63) is 57.8 Å². The molecule has 8 nitrogen and oxygen atoms in total. The van der Waals surface area contributed by atoms with Crippen LogP contribution >= 0.6 is 0 Å². The van der Waals surface area contributed by atoms with Crippen molar-refractivity contribution >= 4 is 23.4 Å². The van der Waals surface area contributed by atoms with Crippen LogP contribution in [-0.4, -0.2) is 34.7 Å². The molecule has 24 heavy (non-hydrogen) atoms. The third kappa shape index (κ3) is 2.98. The second-order valence-corrected chi connectivity index (χ2v) is 5.61. The average Bonchev–Trinajstić information content (AvgIpc) is 2.98. The summed E-state index contributed by atoms with van der Waals surface area (Å²) >= 11 is 0. The number of aryl methyl sites for hydroxylation is 1. The molecule has 0 radical (unpaired) electrons. The van der Waals surface area contributed by atoms with Crippen LogP contribution in [0.15, 0.2) is 40.8 Å². The number of hydrogen-bond acceptors (Lipinski definition) is 5. The highest BCUT2D eigenvalue weighted by Crippen LogP contribution is 2.24. The third-order valence-electron chi connectivity index (χ3n) is 3.93. The molecule has 2 amide bonds. The number of carbonyl (C=O) groups is 2. The average molecular weight is 329 g/mol. The predicted molar refractivity (Wildman–Crippen MR) is 84.6 cm³/mol. The molecule has 0 spiro atoms. The molecule has 1 aromatic carbocycles. The maximum atomic E-state index is 12.2. The molecule has 0 atom stereocenters. The molecule has 8 heteroatoms. The number of nitrogens with zero attached hydrogens (tertiary/aromatic N) is 2. The van der Waals surface area contributed by atoms with Crippen molar-refractivity contribution in [3.8, 4) is 0 Å². The Labute approximate surface area is 137 Å². The van der Waals surface area contributed by atoms with E-state index in [-0.39, 0.29) is 30.7 Å². The quantitative estimate of drug-likeness (QED) is 0.684. The van der Waals surface area contributed by atoms with Gasteiger partial charge >= 0.3 is 5.88 Å². The van der Waals surface area contributed by atoms with Crippen molar-refractivity contribution in [3.63, 3.8) is 0 Å². The maximum Gasteiger partial charge on any atom is 0.433 e. The van der Waals surface area contributed by atoms with Crippen molar-refractivity contribution in [2.45, 2.75) is 6.92 Å². The molecule has 1 aliphatic rings. The van der Waals surface area contributed by atoms with Gasteiger partial charge in [-0.05, 0) is 24.6 Å². The fraction of sp³-hybridized carbons (Fsp3) is 0.250. The Balaban J connectivity index is 1.56. The highest BCUT2D eigenvalue weighted by molar-refractivity contribution is 5.97. The fourth-order valence-electron chi connectivity index (χ4n) is 2.45. The lowest BCUT2D eigenvalue weighted by molar-refractivity contribution is -0.402. The van der Waals surface area contributed by atoms with E-state index in [1.54, 1.807) is 0 Å². The van der Waals surface area contributed by atoms with Crippen LogP contribution in [0.2, 0.25) is 0 Å². The lowest BCUT2D eigenvalue weighted by atomic mass is 9.98. The van der Waals surface area contributed by atoms with Crippen LogP contribution in [0.4, 0.5) is 11.6 Å². The molecule has 1 saturated heterocycles. The Morgan fingerprint density at radius 1 is 1.25 bits per heavy atom. The van der Waals surface area contributed by atoms with Crippen LogP contribution in [0.3, 0.4) is 0 Å². The topological polar surface area (TPSA) is 106 Å². The first-order valence-electron chi connectivity index (χ1n) is 7.35. The van der Waals surface area contributed by atoms with Gasteiger partial charge in [0, 0.05) is 18.8 Å². The Bertz CT molecular complexity index is 808. The summed E-state index contributed by atoms with van der Waals surface area (Å²) in [5.74, 6) is -1.49. The van der Waals surface area contributed by atoms with E-state index in [0.29, 0.717) is 0 Å². The Kier molecular flexibility index (Phi) is 4.03. The summed E-state index contributed by atoms with van der Waals surface area (Å²) in [6.07, 6.45) is 0. The molecule has 0 aliphatic carbocycles. The number of hydrogen-bond donors (Lipinski definition) is 1. The van der Waals surface area contributed by atoms with Crippen molar-refractivity contribution in [1.29, 1.82) is 0 Å². The van der Waals surface area contributed by atoms with Gasteiger partial charge in [0.2, 0.25) is 5.91 Å².